The van der Waals surface area contributed by atoms with Crippen molar-refractivity contribution in [2.24, 2.45) is 0 Å². The van der Waals surface area contributed by atoms with Crippen LogP contribution in [0.25, 0.3) is 0 Å². The summed E-state index contributed by atoms with van der Waals surface area (Å²) in [6.07, 6.45) is 0. The summed E-state index contributed by atoms with van der Waals surface area (Å²) in [7, 11) is 1.94. The summed E-state index contributed by atoms with van der Waals surface area (Å²) in [5.74, 6) is 2.28. The SMILES string of the molecule is CNCc1ccc(OCCOc2ccccc2C(C)C)cc1. The van der Waals surface area contributed by atoms with Crippen LogP contribution in [0.3, 0.4) is 0 Å². The molecule has 0 saturated carbocycles. The number of hydrogen-bond donors (Lipinski definition) is 1. The van der Waals surface area contributed by atoms with Gasteiger partial charge in [-0.15, -0.1) is 0 Å². The average molecular weight is 299 g/mol. The lowest BCUT2D eigenvalue weighted by atomic mass is 10.0. The van der Waals surface area contributed by atoms with E-state index in [0.29, 0.717) is 19.1 Å². The van der Waals surface area contributed by atoms with Gasteiger partial charge in [-0.2, -0.15) is 0 Å². The molecule has 0 heterocycles. The number of nitrogens with one attached hydrogen (secondary N) is 1. The molecule has 3 heteroatoms. The predicted octanol–water partition coefficient (Wildman–Crippen LogP) is 3.99. The Hall–Kier alpha value is -2.00. The molecule has 0 aliphatic rings. The van der Waals surface area contributed by atoms with Gasteiger partial charge in [-0.1, -0.05) is 44.2 Å². The maximum Gasteiger partial charge on any atom is 0.122 e. The van der Waals surface area contributed by atoms with Crippen molar-refractivity contribution in [3.8, 4) is 11.5 Å². The molecule has 2 rings (SSSR count). The van der Waals surface area contributed by atoms with E-state index in [0.717, 1.165) is 18.0 Å². The second kappa shape index (κ2) is 8.44. The van der Waals surface area contributed by atoms with Crippen LogP contribution in [0.4, 0.5) is 0 Å². The molecule has 22 heavy (non-hydrogen) atoms. The number of ether oxygens (including phenoxy) is 2. The Labute approximate surface area is 133 Å². The molecule has 1 N–H and O–H groups in total. The topological polar surface area (TPSA) is 30.5 Å². The van der Waals surface area contributed by atoms with E-state index in [9.17, 15) is 0 Å². The molecule has 2 aromatic rings. The van der Waals surface area contributed by atoms with E-state index < -0.39 is 0 Å². The monoisotopic (exact) mass is 299 g/mol. The molecule has 0 spiro atoms. The van der Waals surface area contributed by atoms with Gasteiger partial charge in [0.25, 0.3) is 0 Å². The van der Waals surface area contributed by atoms with Crippen LogP contribution in [0, 0.1) is 0 Å². The molecule has 3 nitrogen and oxygen atoms in total. The molecule has 2 aromatic carbocycles. The van der Waals surface area contributed by atoms with Gasteiger partial charge in [0, 0.05) is 6.54 Å². The van der Waals surface area contributed by atoms with E-state index in [-0.39, 0.29) is 0 Å². The van der Waals surface area contributed by atoms with Gasteiger partial charge in [0.2, 0.25) is 0 Å². The normalized spacial score (nSPS) is 10.7. The third-order valence-electron chi connectivity index (χ3n) is 3.45. The van der Waals surface area contributed by atoms with Crippen LogP contribution in [-0.2, 0) is 6.54 Å². The number of benzene rings is 2. The largest absolute Gasteiger partial charge is 0.490 e. The fraction of sp³-hybridized carbons (Fsp3) is 0.368. The second-order valence-corrected chi connectivity index (χ2v) is 5.56. The molecule has 0 saturated heterocycles. The predicted molar refractivity (Wildman–Crippen MR) is 90.7 cm³/mol. The summed E-state index contributed by atoms with van der Waals surface area (Å²) < 4.78 is 11.6. The maximum absolute atomic E-state index is 5.85. The molecular formula is C19H25NO2. The van der Waals surface area contributed by atoms with Crippen LogP contribution in [0.5, 0.6) is 11.5 Å². The average Bonchev–Trinajstić information content (AvgIpc) is 2.53. The third-order valence-corrected chi connectivity index (χ3v) is 3.45. The molecule has 0 fully saturated rings. The van der Waals surface area contributed by atoms with Crippen molar-refractivity contribution < 1.29 is 9.47 Å². The first-order valence-electron chi connectivity index (χ1n) is 7.78. The first-order valence-corrected chi connectivity index (χ1v) is 7.78. The highest BCUT2D eigenvalue weighted by Gasteiger charge is 2.06. The minimum atomic E-state index is 0.455. The Morgan fingerprint density at radius 2 is 1.59 bits per heavy atom. The molecule has 0 aliphatic heterocycles. The van der Waals surface area contributed by atoms with Gasteiger partial charge < -0.3 is 14.8 Å². The summed E-state index contributed by atoms with van der Waals surface area (Å²) >= 11 is 0. The Balaban J connectivity index is 1.80. The van der Waals surface area contributed by atoms with Crippen LogP contribution in [0.2, 0.25) is 0 Å². The van der Waals surface area contributed by atoms with Gasteiger partial charge in [0.15, 0.2) is 0 Å². The highest BCUT2D eigenvalue weighted by molar-refractivity contribution is 5.35. The second-order valence-electron chi connectivity index (χ2n) is 5.56. The van der Waals surface area contributed by atoms with Crippen molar-refractivity contribution in [1.82, 2.24) is 5.32 Å². The van der Waals surface area contributed by atoms with Gasteiger partial charge in [0.1, 0.15) is 24.7 Å². The molecule has 118 valence electrons. The first kappa shape index (κ1) is 16.4. The first-order chi connectivity index (χ1) is 10.7. The zero-order valence-electron chi connectivity index (χ0n) is 13.6. The van der Waals surface area contributed by atoms with Crippen molar-refractivity contribution in [2.45, 2.75) is 26.3 Å². The molecule has 0 aliphatic carbocycles. The van der Waals surface area contributed by atoms with E-state index in [4.69, 9.17) is 9.47 Å². The van der Waals surface area contributed by atoms with Crippen molar-refractivity contribution in [2.75, 3.05) is 20.3 Å². The highest BCUT2D eigenvalue weighted by atomic mass is 16.5. The maximum atomic E-state index is 5.85. The van der Waals surface area contributed by atoms with Crippen molar-refractivity contribution in [3.05, 3.63) is 59.7 Å². The quantitative estimate of drug-likeness (QED) is 0.748. The lowest BCUT2D eigenvalue weighted by molar-refractivity contribution is 0.215. The smallest absolute Gasteiger partial charge is 0.122 e. The van der Waals surface area contributed by atoms with E-state index in [2.05, 4.69) is 37.4 Å². The minimum absolute atomic E-state index is 0.455. The van der Waals surface area contributed by atoms with Crippen molar-refractivity contribution >= 4 is 0 Å². The van der Waals surface area contributed by atoms with Gasteiger partial charge in [-0.3, -0.25) is 0 Å². The van der Waals surface area contributed by atoms with E-state index in [1.54, 1.807) is 0 Å². The van der Waals surface area contributed by atoms with Gasteiger partial charge in [-0.25, -0.2) is 0 Å². The van der Waals surface area contributed by atoms with Crippen LogP contribution < -0.4 is 14.8 Å². The van der Waals surface area contributed by atoms with Gasteiger partial charge in [-0.05, 0) is 42.3 Å². The number of para-hydroxylation sites is 1. The lowest BCUT2D eigenvalue weighted by Crippen LogP contribution is -2.10. The van der Waals surface area contributed by atoms with E-state index in [1.165, 1.54) is 11.1 Å². The molecule has 0 radical (unpaired) electrons. The molecular weight excluding hydrogens is 274 g/mol. The molecule has 0 amide bonds. The Morgan fingerprint density at radius 1 is 0.909 bits per heavy atom. The number of hydrogen-bond acceptors (Lipinski definition) is 3. The zero-order valence-corrected chi connectivity index (χ0v) is 13.6. The highest BCUT2D eigenvalue weighted by Crippen LogP contribution is 2.25. The minimum Gasteiger partial charge on any atom is -0.490 e. The Bertz CT molecular complexity index is 564. The molecule has 0 unspecified atom stereocenters. The molecule has 0 aromatic heterocycles. The van der Waals surface area contributed by atoms with Crippen LogP contribution in [0.15, 0.2) is 48.5 Å². The fourth-order valence-electron chi connectivity index (χ4n) is 2.31. The Kier molecular flexibility index (Phi) is 6.28. The third kappa shape index (κ3) is 4.78. The van der Waals surface area contributed by atoms with Crippen molar-refractivity contribution in [3.63, 3.8) is 0 Å². The van der Waals surface area contributed by atoms with Crippen LogP contribution in [-0.4, -0.2) is 20.3 Å². The summed E-state index contributed by atoms with van der Waals surface area (Å²) in [6.45, 7) is 6.30. The van der Waals surface area contributed by atoms with Crippen LogP contribution >= 0.6 is 0 Å². The van der Waals surface area contributed by atoms with E-state index in [1.807, 2.05) is 37.4 Å². The van der Waals surface area contributed by atoms with Crippen molar-refractivity contribution in [1.29, 1.82) is 0 Å². The molecule has 0 bridgehead atoms. The lowest BCUT2D eigenvalue weighted by Gasteiger charge is -2.14. The summed E-state index contributed by atoms with van der Waals surface area (Å²) in [4.78, 5) is 0. The summed E-state index contributed by atoms with van der Waals surface area (Å²) in [5.41, 5.74) is 2.48. The fourth-order valence-corrected chi connectivity index (χ4v) is 2.31. The summed E-state index contributed by atoms with van der Waals surface area (Å²) in [5, 5.41) is 3.13. The number of rotatable bonds is 8. The molecule has 0 atom stereocenters. The standard InChI is InChI=1S/C19H25NO2/c1-15(2)18-6-4-5-7-19(18)22-13-12-21-17-10-8-16(9-11-17)14-20-3/h4-11,15,20H,12-14H2,1-3H3. The van der Waals surface area contributed by atoms with E-state index >= 15 is 0 Å². The Morgan fingerprint density at radius 3 is 2.27 bits per heavy atom. The van der Waals surface area contributed by atoms with Crippen LogP contribution in [0.1, 0.15) is 30.9 Å². The zero-order chi connectivity index (χ0) is 15.8. The van der Waals surface area contributed by atoms with Gasteiger partial charge in [0.05, 0.1) is 0 Å². The summed E-state index contributed by atoms with van der Waals surface area (Å²) in [6, 6.07) is 16.3. The van der Waals surface area contributed by atoms with Gasteiger partial charge >= 0.3 is 0 Å².